The predicted molar refractivity (Wildman–Crippen MR) is 79.4 cm³/mol. The van der Waals surface area contributed by atoms with Crippen LogP contribution in [0.4, 0.5) is 10.1 Å². The Morgan fingerprint density at radius 1 is 1.50 bits per heavy atom. The molecule has 4 N–H and O–H groups in total. The Labute approximate surface area is 120 Å². The van der Waals surface area contributed by atoms with E-state index in [1.54, 1.807) is 12.1 Å². The van der Waals surface area contributed by atoms with E-state index < -0.39 is 5.82 Å². The van der Waals surface area contributed by atoms with Gasteiger partial charge in [-0.25, -0.2) is 4.39 Å². The van der Waals surface area contributed by atoms with Crippen LogP contribution in [0, 0.1) is 11.7 Å². The molecule has 0 saturated carbocycles. The second-order valence-corrected chi connectivity index (χ2v) is 6.02. The number of carbonyl (C=O) groups is 1. The van der Waals surface area contributed by atoms with Crippen molar-refractivity contribution in [1.82, 2.24) is 5.32 Å². The van der Waals surface area contributed by atoms with E-state index in [4.69, 9.17) is 5.73 Å². The first-order valence-corrected chi connectivity index (χ1v) is 7.15. The molecule has 1 amide bonds. The van der Waals surface area contributed by atoms with Crippen molar-refractivity contribution in [3.05, 3.63) is 28.9 Å². The molecule has 20 heavy (non-hydrogen) atoms. The average molecular weight is 296 g/mol. The SMILES string of the molecule is CC(C)C(CO)NC(=O)c1sc2cccc(F)c2c1N. The van der Waals surface area contributed by atoms with E-state index >= 15 is 0 Å². The van der Waals surface area contributed by atoms with E-state index in [1.807, 2.05) is 13.8 Å². The fourth-order valence-corrected chi connectivity index (χ4v) is 2.99. The number of hydrogen-bond acceptors (Lipinski definition) is 4. The highest BCUT2D eigenvalue weighted by Crippen LogP contribution is 2.35. The van der Waals surface area contributed by atoms with Gasteiger partial charge in [0.25, 0.3) is 5.91 Å². The molecule has 0 saturated heterocycles. The molecular formula is C14H17FN2O2S. The molecule has 0 aliphatic carbocycles. The Morgan fingerprint density at radius 2 is 2.20 bits per heavy atom. The molecule has 2 rings (SSSR count). The number of aliphatic hydroxyl groups excluding tert-OH is 1. The fraction of sp³-hybridized carbons (Fsp3) is 0.357. The van der Waals surface area contributed by atoms with Crippen LogP contribution in [-0.4, -0.2) is 23.7 Å². The molecule has 0 bridgehead atoms. The first kappa shape index (κ1) is 14.7. The van der Waals surface area contributed by atoms with Gasteiger partial charge in [0.05, 0.1) is 23.7 Å². The predicted octanol–water partition coefficient (Wildman–Crippen LogP) is 2.37. The lowest BCUT2D eigenvalue weighted by atomic mass is 10.1. The lowest BCUT2D eigenvalue weighted by Gasteiger charge is -2.19. The molecule has 0 aliphatic heterocycles. The first-order chi connectivity index (χ1) is 9.45. The average Bonchev–Trinajstić information content (AvgIpc) is 2.74. The Kier molecular flexibility index (Phi) is 4.25. The molecule has 1 heterocycles. The lowest BCUT2D eigenvalue weighted by Crippen LogP contribution is -2.41. The number of benzene rings is 1. The van der Waals surface area contributed by atoms with E-state index in [0.717, 1.165) is 11.3 Å². The summed E-state index contributed by atoms with van der Waals surface area (Å²) < 4.78 is 14.4. The third-order valence-corrected chi connectivity index (χ3v) is 4.40. The topological polar surface area (TPSA) is 75.3 Å². The number of fused-ring (bicyclic) bond motifs is 1. The summed E-state index contributed by atoms with van der Waals surface area (Å²) in [5, 5.41) is 12.3. The van der Waals surface area contributed by atoms with Gasteiger partial charge in [-0.15, -0.1) is 11.3 Å². The van der Waals surface area contributed by atoms with Crippen molar-refractivity contribution in [3.8, 4) is 0 Å². The highest BCUT2D eigenvalue weighted by Gasteiger charge is 2.22. The maximum atomic E-state index is 13.7. The smallest absolute Gasteiger partial charge is 0.263 e. The number of nitrogens with two attached hydrogens (primary N) is 1. The van der Waals surface area contributed by atoms with E-state index in [-0.39, 0.29) is 40.4 Å². The number of nitrogen functional groups attached to an aromatic ring is 1. The molecular weight excluding hydrogens is 279 g/mol. The van der Waals surface area contributed by atoms with E-state index in [0.29, 0.717) is 4.70 Å². The second-order valence-electron chi connectivity index (χ2n) is 4.96. The van der Waals surface area contributed by atoms with Crippen LogP contribution in [0.5, 0.6) is 0 Å². The zero-order valence-corrected chi connectivity index (χ0v) is 12.1. The van der Waals surface area contributed by atoms with Crippen LogP contribution in [-0.2, 0) is 0 Å². The molecule has 0 radical (unpaired) electrons. The van der Waals surface area contributed by atoms with E-state index in [1.165, 1.54) is 6.07 Å². The number of carbonyl (C=O) groups excluding carboxylic acids is 1. The molecule has 108 valence electrons. The van der Waals surface area contributed by atoms with Gasteiger partial charge in [-0.05, 0) is 18.1 Å². The first-order valence-electron chi connectivity index (χ1n) is 6.34. The van der Waals surface area contributed by atoms with Crippen molar-refractivity contribution in [2.24, 2.45) is 5.92 Å². The monoisotopic (exact) mass is 296 g/mol. The summed E-state index contributed by atoms with van der Waals surface area (Å²) in [5.41, 5.74) is 6.03. The van der Waals surface area contributed by atoms with Gasteiger partial charge in [0, 0.05) is 4.70 Å². The highest BCUT2D eigenvalue weighted by molar-refractivity contribution is 7.21. The quantitative estimate of drug-likeness (QED) is 0.811. The van der Waals surface area contributed by atoms with Gasteiger partial charge in [0.15, 0.2) is 0 Å². The minimum Gasteiger partial charge on any atom is -0.397 e. The van der Waals surface area contributed by atoms with Crippen molar-refractivity contribution in [1.29, 1.82) is 0 Å². The minimum absolute atomic E-state index is 0.0938. The second kappa shape index (κ2) is 5.76. The van der Waals surface area contributed by atoms with Crippen molar-refractivity contribution in [2.45, 2.75) is 19.9 Å². The largest absolute Gasteiger partial charge is 0.397 e. The molecule has 1 aromatic carbocycles. The number of aliphatic hydroxyl groups is 1. The number of anilines is 1. The Hall–Kier alpha value is -1.66. The number of amides is 1. The van der Waals surface area contributed by atoms with Gasteiger partial charge in [0.2, 0.25) is 0 Å². The Bertz CT molecular complexity index is 639. The minimum atomic E-state index is -0.433. The summed E-state index contributed by atoms with van der Waals surface area (Å²) in [6, 6.07) is 4.27. The van der Waals surface area contributed by atoms with Crippen molar-refractivity contribution in [2.75, 3.05) is 12.3 Å². The van der Waals surface area contributed by atoms with Crippen molar-refractivity contribution < 1.29 is 14.3 Å². The van der Waals surface area contributed by atoms with Crippen LogP contribution < -0.4 is 11.1 Å². The highest BCUT2D eigenvalue weighted by atomic mass is 32.1. The summed E-state index contributed by atoms with van der Waals surface area (Å²) >= 11 is 1.15. The Balaban J connectivity index is 2.36. The molecule has 1 atom stereocenters. The Morgan fingerprint density at radius 3 is 2.75 bits per heavy atom. The molecule has 1 unspecified atom stereocenters. The van der Waals surface area contributed by atoms with Gasteiger partial charge < -0.3 is 16.2 Å². The number of thiophene rings is 1. The van der Waals surface area contributed by atoms with Crippen LogP contribution >= 0.6 is 11.3 Å². The zero-order valence-electron chi connectivity index (χ0n) is 11.3. The normalized spacial score (nSPS) is 12.8. The third-order valence-electron chi connectivity index (χ3n) is 3.23. The fourth-order valence-electron chi connectivity index (χ4n) is 1.95. The molecule has 0 spiro atoms. The van der Waals surface area contributed by atoms with E-state index in [2.05, 4.69) is 5.32 Å². The van der Waals surface area contributed by atoms with Gasteiger partial charge in [-0.2, -0.15) is 0 Å². The number of halogens is 1. The third kappa shape index (κ3) is 2.62. The maximum Gasteiger partial charge on any atom is 0.263 e. The van der Waals surface area contributed by atoms with Crippen LogP contribution in [0.15, 0.2) is 18.2 Å². The summed E-state index contributed by atoms with van der Waals surface area (Å²) in [4.78, 5) is 12.5. The van der Waals surface area contributed by atoms with Gasteiger partial charge >= 0.3 is 0 Å². The molecule has 4 nitrogen and oxygen atoms in total. The van der Waals surface area contributed by atoms with Crippen molar-refractivity contribution in [3.63, 3.8) is 0 Å². The summed E-state index contributed by atoms with van der Waals surface area (Å²) in [6.45, 7) is 3.65. The summed E-state index contributed by atoms with van der Waals surface area (Å²) in [7, 11) is 0. The van der Waals surface area contributed by atoms with E-state index in [9.17, 15) is 14.3 Å². The molecule has 2 aromatic rings. The molecule has 0 aliphatic rings. The lowest BCUT2D eigenvalue weighted by molar-refractivity contribution is 0.0902. The number of nitrogens with one attached hydrogen (secondary N) is 1. The van der Waals surface area contributed by atoms with Crippen LogP contribution in [0.3, 0.4) is 0 Å². The van der Waals surface area contributed by atoms with Crippen LogP contribution in [0.2, 0.25) is 0 Å². The maximum absolute atomic E-state index is 13.7. The van der Waals surface area contributed by atoms with Gasteiger partial charge in [-0.1, -0.05) is 19.9 Å². The summed E-state index contributed by atoms with van der Waals surface area (Å²) in [6.07, 6.45) is 0. The number of hydrogen-bond donors (Lipinski definition) is 3. The zero-order chi connectivity index (χ0) is 14.9. The van der Waals surface area contributed by atoms with Crippen molar-refractivity contribution >= 4 is 33.0 Å². The molecule has 6 heteroatoms. The van der Waals surface area contributed by atoms with Gasteiger partial charge in [-0.3, -0.25) is 4.79 Å². The standard InChI is InChI=1S/C14H17FN2O2S/c1-7(2)9(6-18)17-14(19)13-12(16)11-8(15)4-3-5-10(11)20-13/h3-5,7,9,18H,6,16H2,1-2H3,(H,17,19). The van der Waals surface area contributed by atoms with Crippen LogP contribution in [0.25, 0.3) is 10.1 Å². The molecule has 1 aromatic heterocycles. The summed E-state index contributed by atoms with van der Waals surface area (Å²) in [5.74, 6) is -0.718. The molecule has 0 fully saturated rings. The van der Waals surface area contributed by atoms with Crippen LogP contribution in [0.1, 0.15) is 23.5 Å². The van der Waals surface area contributed by atoms with Gasteiger partial charge in [0.1, 0.15) is 10.7 Å². The number of rotatable bonds is 4.